The van der Waals surface area contributed by atoms with Crippen molar-refractivity contribution in [1.82, 2.24) is 0 Å². The van der Waals surface area contributed by atoms with Crippen molar-refractivity contribution in [1.29, 1.82) is 0 Å². The molecule has 1 aliphatic heterocycles. The van der Waals surface area contributed by atoms with Crippen LogP contribution in [0.5, 0.6) is 0 Å². The van der Waals surface area contributed by atoms with Gasteiger partial charge >= 0.3 is 0 Å². The van der Waals surface area contributed by atoms with Crippen molar-refractivity contribution in [2.45, 2.75) is 23.3 Å². The molecule has 1 aromatic carbocycles. The van der Waals surface area contributed by atoms with Gasteiger partial charge < -0.3 is 10.5 Å². The second-order valence-electron chi connectivity index (χ2n) is 4.22. The van der Waals surface area contributed by atoms with Crippen LogP contribution in [0.1, 0.15) is 23.7 Å². The number of rotatable bonds is 4. The number of thioether (sulfide) groups is 1. The van der Waals surface area contributed by atoms with E-state index in [0.29, 0.717) is 17.0 Å². The van der Waals surface area contributed by atoms with E-state index in [4.69, 9.17) is 10.5 Å². The lowest BCUT2D eigenvalue weighted by Gasteiger charge is -2.26. The third-order valence-electron chi connectivity index (χ3n) is 2.98. The van der Waals surface area contributed by atoms with Gasteiger partial charge in [-0.2, -0.15) is 0 Å². The van der Waals surface area contributed by atoms with E-state index in [-0.39, 0.29) is 0 Å². The Morgan fingerprint density at radius 3 is 2.53 bits per heavy atom. The summed E-state index contributed by atoms with van der Waals surface area (Å²) in [4.78, 5) is 0. The Kier molecular flexibility index (Phi) is 5.35. The largest absolute Gasteiger partial charge is 0.381 e. The molecule has 4 heteroatoms. The molecule has 0 saturated carbocycles. The Bertz CT molecular complexity index is 338. The third kappa shape index (κ3) is 3.98. The molecule has 0 bridgehead atoms. The first-order valence-electron chi connectivity index (χ1n) is 5.98. The standard InChI is InChI=1S/C13H18BrNOS/c14-11-3-1-10(2-4-11)13(9-15)17-12-5-7-16-8-6-12/h1-4,12-13H,5-9,15H2. The molecule has 1 atom stereocenters. The average Bonchev–Trinajstić information content (AvgIpc) is 2.38. The van der Waals surface area contributed by atoms with Gasteiger partial charge in [-0.25, -0.2) is 0 Å². The van der Waals surface area contributed by atoms with Crippen LogP contribution in [-0.4, -0.2) is 25.0 Å². The van der Waals surface area contributed by atoms with Gasteiger partial charge in [0.2, 0.25) is 0 Å². The molecule has 2 nitrogen and oxygen atoms in total. The molecule has 0 aromatic heterocycles. The molecule has 1 aliphatic rings. The monoisotopic (exact) mass is 315 g/mol. The molecule has 1 unspecified atom stereocenters. The first-order valence-corrected chi connectivity index (χ1v) is 7.72. The van der Waals surface area contributed by atoms with Crippen LogP contribution in [0.3, 0.4) is 0 Å². The Hall–Kier alpha value is -0.0300. The van der Waals surface area contributed by atoms with Crippen LogP contribution in [0.4, 0.5) is 0 Å². The quantitative estimate of drug-likeness (QED) is 0.925. The van der Waals surface area contributed by atoms with Gasteiger partial charge in [0.1, 0.15) is 0 Å². The van der Waals surface area contributed by atoms with Crippen molar-refractivity contribution < 1.29 is 4.74 Å². The Balaban J connectivity index is 1.97. The molecule has 0 aliphatic carbocycles. The molecule has 1 heterocycles. The molecule has 0 radical (unpaired) electrons. The van der Waals surface area contributed by atoms with Gasteiger partial charge in [0.25, 0.3) is 0 Å². The maximum absolute atomic E-state index is 5.90. The Labute approximate surface area is 115 Å². The summed E-state index contributed by atoms with van der Waals surface area (Å²) in [6.45, 7) is 2.49. The second kappa shape index (κ2) is 6.78. The molecule has 2 rings (SSSR count). The zero-order valence-electron chi connectivity index (χ0n) is 9.77. The topological polar surface area (TPSA) is 35.2 Å². The highest BCUT2D eigenvalue weighted by molar-refractivity contribution is 9.10. The van der Waals surface area contributed by atoms with Crippen LogP contribution < -0.4 is 5.73 Å². The van der Waals surface area contributed by atoms with Gasteiger partial charge in [0.15, 0.2) is 0 Å². The summed E-state index contributed by atoms with van der Waals surface area (Å²) >= 11 is 5.46. The third-order valence-corrected chi connectivity index (χ3v) is 5.16. The van der Waals surface area contributed by atoms with Gasteiger partial charge in [-0.1, -0.05) is 28.1 Å². The van der Waals surface area contributed by atoms with E-state index in [0.717, 1.165) is 30.5 Å². The summed E-state index contributed by atoms with van der Waals surface area (Å²) in [5.74, 6) is 0. The van der Waals surface area contributed by atoms with E-state index in [1.807, 2.05) is 11.8 Å². The lowest BCUT2D eigenvalue weighted by atomic mass is 10.1. The number of halogens is 1. The van der Waals surface area contributed by atoms with Gasteiger partial charge in [0.05, 0.1) is 0 Å². The lowest BCUT2D eigenvalue weighted by Crippen LogP contribution is -2.21. The number of ether oxygens (including phenoxy) is 1. The van der Waals surface area contributed by atoms with Crippen LogP contribution in [0.25, 0.3) is 0 Å². The summed E-state index contributed by atoms with van der Waals surface area (Å²) in [6, 6.07) is 8.49. The maximum atomic E-state index is 5.90. The van der Waals surface area contributed by atoms with E-state index < -0.39 is 0 Å². The van der Waals surface area contributed by atoms with Crippen LogP contribution in [0, 0.1) is 0 Å². The lowest BCUT2D eigenvalue weighted by molar-refractivity contribution is 0.0999. The number of nitrogens with two attached hydrogens (primary N) is 1. The van der Waals surface area contributed by atoms with Crippen LogP contribution in [0.15, 0.2) is 28.7 Å². The zero-order valence-corrected chi connectivity index (χ0v) is 12.2. The van der Waals surface area contributed by atoms with Crippen LogP contribution in [0.2, 0.25) is 0 Å². The van der Waals surface area contributed by atoms with E-state index in [1.54, 1.807) is 0 Å². The second-order valence-corrected chi connectivity index (χ2v) is 6.65. The molecular formula is C13H18BrNOS. The minimum absolute atomic E-state index is 0.409. The smallest absolute Gasteiger partial charge is 0.0476 e. The molecule has 1 fully saturated rings. The van der Waals surface area contributed by atoms with E-state index in [1.165, 1.54) is 5.56 Å². The van der Waals surface area contributed by atoms with E-state index in [2.05, 4.69) is 40.2 Å². The molecule has 0 spiro atoms. The Morgan fingerprint density at radius 1 is 1.29 bits per heavy atom. The van der Waals surface area contributed by atoms with E-state index >= 15 is 0 Å². The molecule has 94 valence electrons. The fourth-order valence-electron chi connectivity index (χ4n) is 1.99. The zero-order chi connectivity index (χ0) is 12.1. The summed E-state index contributed by atoms with van der Waals surface area (Å²) in [5.41, 5.74) is 7.22. The van der Waals surface area contributed by atoms with Crippen LogP contribution in [-0.2, 0) is 4.74 Å². The highest BCUT2D eigenvalue weighted by Crippen LogP contribution is 2.35. The van der Waals surface area contributed by atoms with Crippen molar-refractivity contribution in [2.75, 3.05) is 19.8 Å². The van der Waals surface area contributed by atoms with Gasteiger partial charge in [-0.3, -0.25) is 0 Å². The molecule has 1 aromatic rings. The summed E-state index contributed by atoms with van der Waals surface area (Å²) in [7, 11) is 0. The SMILES string of the molecule is NCC(SC1CCOCC1)c1ccc(Br)cc1. The molecule has 17 heavy (non-hydrogen) atoms. The predicted octanol–water partition coefficient (Wildman–Crippen LogP) is 3.36. The predicted molar refractivity (Wildman–Crippen MR) is 77.4 cm³/mol. The molecule has 1 saturated heterocycles. The maximum Gasteiger partial charge on any atom is 0.0476 e. The molecule has 0 amide bonds. The summed E-state index contributed by atoms with van der Waals surface area (Å²) in [5, 5.41) is 1.10. The van der Waals surface area contributed by atoms with E-state index in [9.17, 15) is 0 Å². The van der Waals surface area contributed by atoms with Crippen molar-refractivity contribution in [3.8, 4) is 0 Å². The number of hydrogen-bond donors (Lipinski definition) is 1. The average molecular weight is 316 g/mol. The Morgan fingerprint density at radius 2 is 1.94 bits per heavy atom. The minimum Gasteiger partial charge on any atom is -0.381 e. The van der Waals surface area contributed by atoms with Crippen molar-refractivity contribution in [2.24, 2.45) is 5.73 Å². The normalized spacial score (nSPS) is 19.2. The number of benzene rings is 1. The van der Waals surface area contributed by atoms with Crippen molar-refractivity contribution in [3.63, 3.8) is 0 Å². The highest BCUT2D eigenvalue weighted by atomic mass is 79.9. The van der Waals surface area contributed by atoms with Gasteiger partial charge in [0, 0.05) is 34.7 Å². The fourth-order valence-corrected chi connectivity index (χ4v) is 3.61. The number of hydrogen-bond acceptors (Lipinski definition) is 3. The van der Waals surface area contributed by atoms with Gasteiger partial charge in [-0.15, -0.1) is 11.8 Å². The van der Waals surface area contributed by atoms with Crippen molar-refractivity contribution >= 4 is 27.7 Å². The fraction of sp³-hybridized carbons (Fsp3) is 0.538. The first-order chi connectivity index (χ1) is 8.29. The van der Waals surface area contributed by atoms with Crippen molar-refractivity contribution in [3.05, 3.63) is 34.3 Å². The minimum atomic E-state index is 0.409. The first kappa shape index (κ1) is 13.4. The highest BCUT2D eigenvalue weighted by Gasteiger charge is 2.20. The van der Waals surface area contributed by atoms with Gasteiger partial charge in [-0.05, 0) is 30.5 Å². The molecule has 2 N–H and O–H groups in total. The van der Waals surface area contributed by atoms with Crippen LogP contribution >= 0.6 is 27.7 Å². The summed E-state index contributed by atoms with van der Waals surface area (Å²) < 4.78 is 6.50. The molecular weight excluding hydrogens is 298 g/mol. The summed E-state index contributed by atoms with van der Waals surface area (Å²) in [6.07, 6.45) is 2.30.